The van der Waals surface area contributed by atoms with E-state index in [0.29, 0.717) is 17.9 Å². The number of anilines is 2. The third kappa shape index (κ3) is 4.63. The van der Waals surface area contributed by atoms with Gasteiger partial charge in [0.2, 0.25) is 11.6 Å². The van der Waals surface area contributed by atoms with E-state index in [1.807, 2.05) is 79.3 Å². The molecule has 0 unspecified atom stereocenters. The lowest BCUT2D eigenvalue weighted by atomic mass is 10.1. The van der Waals surface area contributed by atoms with Crippen LogP contribution in [0.25, 0.3) is 11.2 Å². The Balaban J connectivity index is 1.43. The average Bonchev–Trinajstić information content (AvgIpc) is 3.17. The molecule has 2 aromatic carbocycles. The zero-order valence-corrected chi connectivity index (χ0v) is 17.0. The van der Waals surface area contributed by atoms with Gasteiger partial charge in [-0.25, -0.2) is 9.97 Å². The van der Waals surface area contributed by atoms with E-state index in [4.69, 9.17) is 0 Å². The normalized spacial score (nSPS) is 11.9. The van der Waals surface area contributed by atoms with Gasteiger partial charge in [-0.2, -0.15) is 5.10 Å². The zero-order chi connectivity index (χ0) is 20.9. The Morgan fingerprint density at radius 2 is 1.97 bits per heavy atom. The molecule has 0 aliphatic heterocycles. The Bertz CT molecular complexity index is 1150. The molecule has 2 aromatic heterocycles. The number of fused-ring (bicyclic) bond motifs is 1. The van der Waals surface area contributed by atoms with Crippen molar-refractivity contribution in [2.75, 3.05) is 10.6 Å². The smallest absolute Gasteiger partial charge is 0.228 e. The summed E-state index contributed by atoms with van der Waals surface area (Å²) < 4.78 is 1.82. The van der Waals surface area contributed by atoms with Crippen LogP contribution in [-0.4, -0.2) is 25.7 Å². The lowest BCUT2D eigenvalue weighted by molar-refractivity contribution is -0.115. The van der Waals surface area contributed by atoms with Crippen LogP contribution in [0.2, 0.25) is 0 Å². The zero-order valence-electron chi connectivity index (χ0n) is 17.0. The summed E-state index contributed by atoms with van der Waals surface area (Å²) in [5.41, 5.74) is 4.19. The maximum atomic E-state index is 12.4. The topological polar surface area (TPSA) is 84.7 Å². The summed E-state index contributed by atoms with van der Waals surface area (Å²) in [7, 11) is 0. The number of aromatic nitrogens is 4. The first-order valence-corrected chi connectivity index (χ1v) is 10.0. The Hall–Kier alpha value is -3.74. The summed E-state index contributed by atoms with van der Waals surface area (Å²) in [5.74, 6) is 0.622. The van der Waals surface area contributed by atoms with Crippen LogP contribution in [0, 0.1) is 0 Å². The molecule has 0 aliphatic rings. The fraction of sp³-hybridized carbons (Fsp3) is 0.217. The Morgan fingerprint density at radius 3 is 2.77 bits per heavy atom. The summed E-state index contributed by atoms with van der Waals surface area (Å²) in [6, 6.07) is 17.5. The standard InChI is InChI=1S/C23H24N6O/c1-3-29-15-20-23(28-29)27-21(14-24-20)25-16(2)18-10-7-11-19(13-18)26-22(30)12-17-8-5-4-6-9-17/h4-11,13-16H,3,12H2,1-2H3,(H,26,30)(H,25,27,28)/t16-/m0/s1. The van der Waals surface area contributed by atoms with E-state index < -0.39 is 0 Å². The molecule has 7 heteroatoms. The molecule has 30 heavy (non-hydrogen) atoms. The van der Waals surface area contributed by atoms with Crippen molar-refractivity contribution in [3.63, 3.8) is 0 Å². The number of benzene rings is 2. The quantitative estimate of drug-likeness (QED) is 0.486. The van der Waals surface area contributed by atoms with Crippen LogP contribution in [0.5, 0.6) is 0 Å². The molecule has 0 aliphatic carbocycles. The highest BCUT2D eigenvalue weighted by molar-refractivity contribution is 5.92. The number of hydrogen-bond acceptors (Lipinski definition) is 5. The molecule has 1 amide bonds. The van der Waals surface area contributed by atoms with Crippen LogP contribution in [-0.2, 0) is 17.8 Å². The van der Waals surface area contributed by atoms with Crippen LogP contribution in [0.4, 0.5) is 11.5 Å². The lowest BCUT2D eigenvalue weighted by Gasteiger charge is -2.16. The average molecular weight is 400 g/mol. The minimum Gasteiger partial charge on any atom is -0.362 e. The molecular weight excluding hydrogens is 376 g/mol. The van der Waals surface area contributed by atoms with E-state index >= 15 is 0 Å². The van der Waals surface area contributed by atoms with Gasteiger partial charge in [-0.05, 0) is 37.1 Å². The second-order valence-electron chi connectivity index (χ2n) is 7.15. The molecule has 0 saturated carbocycles. The molecule has 7 nitrogen and oxygen atoms in total. The van der Waals surface area contributed by atoms with Crippen LogP contribution < -0.4 is 10.6 Å². The molecule has 0 radical (unpaired) electrons. The highest BCUT2D eigenvalue weighted by Gasteiger charge is 2.11. The minimum atomic E-state index is -0.0400. The number of nitrogens with one attached hydrogen (secondary N) is 2. The molecule has 152 valence electrons. The highest BCUT2D eigenvalue weighted by Crippen LogP contribution is 2.22. The highest BCUT2D eigenvalue weighted by atomic mass is 16.1. The fourth-order valence-corrected chi connectivity index (χ4v) is 3.25. The van der Waals surface area contributed by atoms with Crippen molar-refractivity contribution in [3.8, 4) is 0 Å². The van der Waals surface area contributed by atoms with Crippen molar-refractivity contribution in [2.24, 2.45) is 0 Å². The van der Waals surface area contributed by atoms with Gasteiger partial charge in [0, 0.05) is 12.2 Å². The van der Waals surface area contributed by atoms with Crippen molar-refractivity contribution < 1.29 is 4.79 Å². The van der Waals surface area contributed by atoms with Gasteiger partial charge in [0.1, 0.15) is 11.3 Å². The molecule has 2 N–H and O–H groups in total. The fourth-order valence-electron chi connectivity index (χ4n) is 3.25. The second kappa shape index (κ2) is 8.73. The predicted molar refractivity (Wildman–Crippen MR) is 118 cm³/mol. The largest absolute Gasteiger partial charge is 0.362 e. The Labute approximate surface area is 175 Å². The van der Waals surface area contributed by atoms with Gasteiger partial charge in [0.25, 0.3) is 0 Å². The van der Waals surface area contributed by atoms with Gasteiger partial charge >= 0.3 is 0 Å². The molecule has 1 atom stereocenters. The lowest BCUT2D eigenvalue weighted by Crippen LogP contribution is -2.15. The van der Waals surface area contributed by atoms with Gasteiger partial charge in [-0.3, -0.25) is 9.48 Å². The van der Waals surface area contributed by atoms with Crippen LogP contribution >= 0.6 is 0 Å². The van der Waals surface area contributed by atoms with Crippen LogP contribution in [0.3, 0.4) is 0 Å². The van der Waals surface area contributed by atoms with Crippen molar-refractivity contribution in [1.82, 2.24) is 19.7 Å². The third-order valence-electron chi connectivity index (χ3n) is 4.84. The third-order valence-corrected chi connectivity index (χ3v) is 4.84. The first-order valence-electron chi connectivity index (χ1n) is 10.0. The Morgan fingerprint density at radius 1 is 1.13 bits per heavy atom. The van der Waals surface area contributed by atoms with Crippen LogP contribution in [0.1, 0.15) is 31.0 Å². The first kappa shape index (κ1) is 19.6. The van der Waals surface area contributed by atoms with Gasteiger partial charge in [-0.15, -0.1) is 0 Å². The molecule has 0 saturated heterocycles. The molecule has 4 rings (SSSR count). The maximum Gasteiger partial charge on any atom is 0.228 e. The van der Waals surface area contributed by atoms with Crippen molar-refractivity contribution in [1.29, 1.82) is 0 Å². The van der Waals surface area contributed by atoms with Crippen molar-refractivity contribution in [3.05, 3.63) is 78.1 Å². The summed E-state index contributed by atoms with van der Waals surface area (Å²) >= 11 is 0. The van der Waals surface area contributed by atoms with Gasteiger partial charge in [-0.1, -0.05) is 42.5 Å². The van der Waals surface area contributed by atoms with Crippen LogP contribution in [0.15, 0.2) is 67.0 Å². The molecule has 0 bridgehead atoms. The van der Waals surface area contributed by atoms with Gasteiger partial charge in [0.05, 0.1) is 24.9 Å². The predicted octanol–water partition coefficient (Wildman–Crippen LogP) is 4.20. The first-order chi connectivity index (χ1) is 14.6. The summed E-state index contributed by atoms with van der Waals surface area (Å²) in [4.78, 5) is 21.3. The number of amides is 1. The van der Waals surface area contributed by atoms with E-state index in [-0.39, 0.29) is 11.9 Å². The Kier molecular flexibility index (Phi) is 5.70. The SMILES string of the molecule is CCn1cc2ncc(N[C@@H](C)c3cccc(NC(=O)Cc4ccccc4)c3)nc2n1. The number of hydrogen-bond donors (Lipinski definition) is 2. The molecule has 4 aromatic rings. The van der Waals surface area contributed by atoms with E-state index in [2.05, 4.69) is 25.7 Å². The van der Waals surface area contributed by atoms with E-state index in [0.717, 1.165) is 28.9 Å². The van der Waals surface area contributed by atoms with Crippen molar-refractivity contribution >= 4 is 28.6 Å². The molecule has 0 fully saturated rings. The minimum absolute atomic E-state index is 0.0176. The van der Waals surface area contributed by atoms with E-state index in [1.54, 1.807) is 6.20 Å². The summed E-state index contributed by atoms with van der Waals surface area (Å²) in [6.07, 6.45) is 3.95. The summed E-state index contributed by atoms with van der Waals surface area (Å²) in [5, 5.41) is 10.7. The van der Waals surface area contributed by atoms with E-state index in [1.165, 1.54) is 0 Å². The monoisotopic (exact) mass is 400 g/mol. The number of rotatable bonds is 7. The number of aryl methyl sites for hydroxylation is 1. The number of carbonyl (C=O) groups is 1. The second-order valence-corrected chi connectivity index (χ2v) is 7.15. The van der Waals surface area contributed by atoms with E-state index in [9.17, 15) is 4.79 Å². The molecule has 0 spiro atoms. The number of carbonyl (C=O) groups excluding carboxylic acids is 1. The molecule has 2 heterocycles. The van der Waals surface area contributed by atoms with Gasteiger partial charge in [0.15, 0.2) is 0 Å². The van der Waals surface area contributed by atoms with Gasteiger partial charge < -0.3 is 10.6 Å². The maximum absolute atomic E-state index is 12.4. The number of nitrogens with zero attached hydrogens (tertiary/aromatic N) is 4. The summed E-state index contributed by atoms with van der Waals surface area (Å²) in [6.45, 7) is 4.85. The van der Waals surface area contributed by atoms with Crippen molar-refractivity contribution in [2.45, 2.75) is 32.9 Å². The molecular formula is C23H24N6O.